The van der Waals surface area contributed by atoms with Crippen molar-refractivity contribution in [3.63, 3.8) is 0 Å². The SMILES string of the molecule is COC(=O)CNC(C)c1ccc(Cl)cc1Cl. The summed E-state index contributed by atoms with van der Waals surface area (Å²) in [5, 5.41) is 4.18. The van der Waals surface area contributed by atoms with Crippen molar-refractivity contribution in [2.24, 2.45) is 0 Å². The van der Waals surface area contributed by atoms with Crippen molar-refractivity contribution in [2.75, 3.05) is 13.7 Å². The summed E-state index contributed by atoms with van der Waals surface area (Å²) in [6.07, 6.45) is 0. The van der Waals surface area contributed by atoms with Crippen molar-refractivity contribution in [2.45, 2.75) is 13.0 Å². The summed E-state index contributed by atoms with van der Waals surface area (Å²) in [5.74, 6) is -0.308. The highest BCUT2D eigenvalue weighted by molar-refractivity contribution is 6.35. The lowest BCUT2D eigenvalue weighted by atomic mass is 10.1. The van der Waals surface area contributed by atoms with E-state index < -0.39 is 0 Å². The van der Waals surface area contributed by atoms with E-state index in [1.54, 1.807) is 12.1 Å². The van der Waals surface area contributed by atoms with Crippen LogP contribution in [0.15, 0.2) is 18.2 Å². The van der Waals surface area contributed by atoms with E-state index in [-0.39, 0.29) is 18.6 Å². The highest BCUT2D eigenvalue weighted by atomic mass is 35.5. The summed E-state index contributed by atoms with van der Waals surface area (Å²) in [6, 6.07) is 5.23. The fourth-order valence-corrected chi connectivity index (χ4v) is 1.84. The van der Waals surface area contributed by atoms with Gasteiger partial charge in [-0.25, -0.2) is 0 Å². The smallest absolute Gasteiger partial charge is 0.319 e. The molecule has 0 radical (unpaired) electrons. The van der Waals surface area contributed by atoms with Crippen LogP contribution in [0.4, 0.5) is 0 Å². The van der Waals surface area contributed by atoms with Crippen LogP contribution < -0.4 is 5.32 Å². The number of esters is 1. The highest BCUT2D eigenvalue weighted by Crippen LogP contribution is 2.25. The van der Waals surface area contributed by atoms with Gasteiger partial charge in [-0.15, -0.1) is 0 Å². The predicted molar refractivity (Wildman–Crippen MR) is 64.9 cm³/mol. The van der Waals surface area contributed by atoms with E-state index in [1.165, 1.54) is 7.11 Å². The molecule has 3 nitrogen and oxygen atoms in total. The zero-order valence-corrected chi connectivity index (χ0v) is 10.6. The first kappa shape index (κ1) is 13.3. The third-order valence-corrected chi connectivity index (χ3v) is 2.77. The molecule has 88 valence electrons. The van der Waals surface area contributed by atoms with Gasteiger partial charge in [-0.05, 0) is 24.6 Å². The zero-order valence-electron chi connectivity index (χ0n) is 9.09. The molecule has 0 spiro atoms. The standard InChI is InChI=1S/C11H13Cl2NO2/c1-7(14-6-11(15)16-2)9-4-3-8(12)5-10(9)13/h3-5,7,14H,6H2,1-2H3. The normalized spacial score (nSPS) is 12.2. The number of nitrogens with one attached hydrogen (secondary N) is 1. The molecule has 1 aromatic rings. The van der Waals surface area contributed by atoms with E-state index in [1.807, 2.05) is 13.0 Å². The minimum atomic E-state index is -0.308. The molecule has 1 rings (SSSR count). The third-order valence-electron chi connectivity index (χ3n) is 2.21. The van der Waals surface area contributed by atoms with E-state index >= 15 is 0 Å². The fourth-order valence-electron chi connectivity index (χ4n) is 1.27. The lowest BCUT2D eigenvalue weighted by Gasteiger charge is -2.14. The molecular weight excluding hydrogens is 249 g/mol. The van der Waals surface area contributed by atoms with Gasteiger partial charge in [0.2, 0.25) is 0 Å². The molecule has 0 aliphatic carbocycles. The summed E-state index contributed by atoms with van der Waals surface area (Å²) >= 11 is 11.8. The van der Waals surface area contributed by atoms with Crippen molar-refractivity contribution in [3.05, 3.63) is 33.8 Å². The zero-order chi connectivity index (χ0) is 12.1. The number of halogens is 2. The molecule has 16 heavy (non-hydrogen) atoms. The Kier molecular flexibility index (Phi) is 5.06. The van der Waals surface area contributed by atoms with Gasteiger partial charge in [0.15, 0.2) is 0 Å². The van der Waals surface area contributed by atoms with E-state index in [2.05, 4.69) is 10.1 Å². The summed E-state index contributed by atoms with van der Waals surface area (Å²) < 4.78 is 4.53. The number of carbonyl (C=O) groups is 1. The summed E-state index contributed by atoms with van der Waals surface area (Å²) in [7, 11) is 1.35. The number of rotatable bonds is 4. The molecule has 5 heteroatoms. The van der Waals surface area contributed by atoms with Crippen LogP contribution in [-0.2, 0) is 9.53 Å². The van der Waals surface area contributed by atoms with E-state index in [0.717, 1.165) is 5.56 Å². The molecule has 0 aliphatic heterocycles. The van der Waals surface area contributed by atoms with Crippen LogP contribution in [-0.4, -0.2) is 19.6 Å². The van der Waals surface area contributed by atoms with Crippen LogP contribution in [0.3, 0.4) is 0 Å². The van der Waals surface area contributed by atoms with Gasteiger partial charge in [-0.1, -0.05) is 29.3 Å². The van der Waals surface area contributed by atoms with Crippen molar-refractivity contribution in [1.29, 1.82) is 0 Å². The van der Waals surface area contributed by atoms with Gasteiger partial charge < -0.3 is 10.1 Å². The fraction of sp³-hybridized carbons (Fsp3) is 0.364. The van der Waals surface area contributed by atoms with Gasteiger partial charge in [-0.2, -0.15) is 0 Å². The highest BCUT2D eigenvalue weighted by Gasteiger charge is 2.11. The maximum absolute atomic E-state index is 10.9. The average Bonchev–Trinajstić information content (AvgIpc) is 2.25. The van der Waals surface area contributed by atoms with Gasteiger partial charge in [-0.3, -0.25) is 4.79 Å². The first-order valence-corrected chi connectivity index (χ1v) is 5.55. The molecule has 0 aliphatic rings. The van der Waals surface area contributed by atoms with Crippen molar-refractivity contribution >= 4 is 29.2 Å². The molecular formula is C11H13Cl2NO2. The molecule has 1 aromatic carbocycles. The van der Waals surface area contributed by atoms with Crippen molar-refractivity contribution in [3.8, 4) is 0 Å². The summed E-state index contributed by atoms with van der Waals surface area (Å²) in [5.41, 5.74) is 0.898. The Morgan fingerprint density at radius 2 is 2.19 bits per heavy atom. The molecule has 0 aromatic heterocycles. The predicted octanol–water partition coefficient (Wildman–Crippen LogP) is 2.82. The number of hydrogen-bond acceptors (Lipinski definition) is 3. The van der Waals surface area contributed by atoms with Gasteiger partial charge in [0.25, 0.3) is 0 Å². The van der Waals surface area contributed by atoms with Gasteiger partial charge in [0.05, 0.1) is 13.7 Å². The van der Waals surface area contributed by atoms with Crippen LogP contribution in [0.25, 0.3) is 0 Å². The van der Waals surface area contributed by atoms with Crippen molar-refractivity contribution in [1.82, 2.24) is 5.32 Å². The van der Waals surface area contributed by atoms with Crippen molar-refractivity contribution < 1.29 is 9.53 Å². The molecule has 0 bridgehead atoms. The topological polar surface area (TPSA) is 38.3 Å². The van der Waals surface area contributed by atoms with Gasteiger partial charge >= 0.3 is 5.97 Å². The minimum Gasteiger partial charge on any atom is -0.468 e. The Balaban J connectivity index is 2.65. The van der Waals surface area contributed by atoms with Crippen LogP contribution in [0.2, 0.25) is 10.0 Å². The minimum absolute atomic E-state index is 0.0381. The maximum atomic E-state index is 10.9. The largest absolute Gasteiger partial charge is 0.468 e. The Bertz CT molecular complexity index is 382. The number of carbonyl (C=O) groups excluding carboxylic acids is 1. The monoisotopic (exact) mass is 261 g/mol. The molecule has 0 amide bonds. The first-order valence-electron chi connectivity index (χ1n) is 4.79. The van der Waals surface area contributed by atoms with E-state index in [0.29, 0.717) is 10.0 Å². The Morgan fingerprint density at radius 3 is 2.75 bits per heavy atom. The van der Waals surface area contributed by atoms with Crippen LogP contribution in [0, 0.1) is 0 Å². The van der Waals surface area contributed by atoms with E-state index in [4.69, 9.17) is 23.2 Å². The molecule has 0 saturated heterocycles. The van der Waals surface area contributed by atoms with Crippen LogP contribution in [0.1, 0.15) is 18.5 Å². The molecule has 0 heterocycles. The molecule has 1 atom stereocenters. The summed E-state index contributed by atoms with van der Waals surface area (Å²) in [4.78, 5) is 10.9. The third kappa shape index (κ3) is 3.67. The molecule has 1 unspecified atom stereocenters. The second-order valence-electron chi connectivity index (χ2n) is 3.34. The quantitative estimate of drug-likeness (QED) is 0.848. The second-order valence-corrected chi connectivity index (χ2v) is 4.19. The molecule has 1 N–H and O–H groups in total. The van der Waals surface area contributed by atoms with E-state index in [9.17, 15) is 4.79 Å². The Hall–Kier alpha value is -0.770. The number of methoxy groups -OCH3 is 1. The van der Waals surface area contributed by atoms with Crippen LogP contribution >= 0.6 is 23.2 Å². The van der Waals surface area contributed by atoms with Gasteiger partial charge in [0.1, 0.15) is 0 Å². The summed E-state index contributed by atoms with van der Waals surface area (Å²) in [6.45, 7) is 2.06. The van der Waals surface area contributed by atoms with Crippen LogP contribution in [0.5, 0.6) is 0 Å². The second kappa shape index (κ2) is 6.09. The molecule has 0 saturated carbocycles. The Morgan fingerprint density at radius 1 is 1.50 bits per heavy atom. The lowest BCUT2D eigenvalue weighted by molar-refractivity contribution is -0.139. The van der Waals surface area contributed by atoms with Gasteiger partial charge in [0, 0.05) is 16.1 Å². The number of benzene rings is 1. The lowest BCUT2D eigenvalue weighted by Crippen LogP contribution is -2.26. The molecule has 0 fully saturated rings. The average molecular weight is 262 g/mol. The maximum Gasteiger partial charge on any atom is 0.319 e. The number of ether oxygens (including phenoxy) is 1. The number of hydrogen-bond donors (Lipinski definition) is 1. The first-order chi connectivity index (χ1) is 7.54. The Labute approximate surface area is 105 Å².